The largest absolute Gasteiger partial charge is 0.419 e. The van der Waals surface area contributed by atoms with Crippen LogP contribution in [0, 0.1) is 0 Å². The molecule has 28 heavy (non-hydrogen) atoms. The van der Waals surface area contributed by atoms with Gasteiger partial charge in [0.2, 0.25) is 10.0 Å². The summed E-state index contributed by atoms with van der Waals surface area (Å²) in [5.74, 6) is -0.478. The van der Waals surface area contributed by atoms with E-state index in [9.17, 15) is 13.2 Å². The lowest BCUT2D eigenvalue weighted by atomic mass is 9.79. The number of oxazole rings is 1. The number of benzene rings is 2. The minimum atomic E-state index is -3.72. The highest BCUT2D eigenvalue weighted by molar-refractivity contribution is 7.89. The van der Waals surface area contributed by atoms with E-state index in [0.29, 0.717) is 18.6 Å². The Kier molecular flexibility index (Phi) is 4.89. The Morgan fingerprint density at radius 2 is 1.82 bits per heavy atom. The van der Waals surface area contributed by atoms with Crippen LogP contribution in [0.4, 0.5) is 0 Å². The minimum absolute atomic E-state index is 0.109. The topological polar surface area (TPSA) is 81.3 Å². The SMILES string of the molecule is CCn1c(=O)oc2cc(S(=O)(=O)NCC3(c4ccccc4)CCCC3)ccc21. The summed E-state index contributed by atoms with van der Waals surface area (Å²) in [7, 11) is -3.72. The summed E-state index contributed by atoms with van der Waals surface area (Å²) in [6.07, 6.45) is 4.12. The summed E-state index contributed by atoms with van der Waals surface area (Å²) < 4.78 is 35.3. The van der Waals surface area contributed by atoms with Crippen molar-refractivity contribution in [3.05, 3.63) is 64.6 Å². The second-order valence-electron chi connectivity index (χ2n) is 7.42. The van der Waals surface area contributed by atoms with Crippen LogP contribution < -0.4 is 10.5 Å². The minimum Gasteiger partial charge on any atom is -0.408 e. The van der Waals surface area contributed by atoms with Crippen LogP contribution in [0.15, 0.2) is 62.6 Å². The van der Waals surface area contributed by atoms with Crippen molar-refractivity contribution >= 4 is 21.1 Å². The molecule has 0 amide bonds. The molecule has 1 aliphatic carbocycles. The van der Waals surface area contributed by atoms with Crippen molar-refractivity contribution in [2.24, 2.45) is 0 Å². The van der Waals surface area contributed by atoms with Gasteiger partial charge in [-0.1, -0.05) is 43.2 Å². The highest BCUT2D eigenvalue weighted by Crippen LogP contribution is 2.40. The van der Waals surface area contributed by atoms with E-state index in [1.807, 2.05) is 25.1 Å². The number of rotatable bonds is 6. The molecule has 0 spiro atoms. The summed E-state index contributed by atoms with van der Waals surface area (Å²) in [6.45, 7) is 2.67. The van der Waals surface area contributed by atoms with Crippen molar-refractivity contribution in [2.75, 3.05) is 6.54 Å². The lowest BCUT2D eigenvalue weighted by Gasteiger charge is -2.30. The monoisotopic (exact) mass is 400 g/mol. The van der Waals surface area contributed by atoms with E-state index in [1.54, 1.807) is 6.07 Å². The molecule has 0 bridgehead atoms. The van der Waals surface area contributed by atoms with Crippen molar-refractivity contribution in [3.8, 4) is 0 Å². The van der Waals surface area contributed by atoms with E-state index in [-0.39, 0.29) is 15.9 Å². The van der Waals surface area contributed by atoms with Crippen LogP contribution in [-0.4, -0.2) is 19.5 Å². The molecule has 1 heterocycles. The van der Waals surface area contributed by atoms with Gasteiger partial charge in [0, 0.05) is 24.6 Å². The van der Waals surface area contributed by atoms with Gasteiger partial charge in [-0.15, -0.1) is 0 Å². The number of hydrogen-bond acceptors (Lipinski definition) is 4. The molecular weight excluding hydrogens is 376 g/mol. The van der Waals surface area contributed by atoms with E-state index in [1.165, 1.54) is 22.3 Å². The Morgan fingerprint density at radius 1 is 1.11 bits per heavy atom. The molecule has 0 radical (unpaired) electrons. The fraction of sp³-hybridized carbons (Fsp3) is 0.381. The Bertz CT molecular complexity index is 1140. The van der Waals surface area contributed by atoms with Crippen LogP contribution >= 0.6 is 0 Å². The van der Waals surface area contributed by atoms with E-state index in [2.05, 4.69) is 16.9 Å². The number of nitrogens with one attached hydrogen (secondary N) is 1. The maximum Gasteiger partial charge on any atom is 0.419 e. The Labute approximate surface area is 164 Å². The number of fused-ring (bicyclic) bond motifs is 1. The molecular formula is C21H24N2O4S. The number of nitrogens with zero attached hydrogens (tertiary/aromatic N) is 1. The van der Waals surface area contributed by atoms with Gasteiger partial charge in [-0.25, -0.2) is 17.9 Å². The first-order valence-electron chi connectivity index (χ1n) is 9.64. The predicted octanol–water partition coefficient (Wildman–Crippen LogP) is 3.40. The fourth-order valence-electron chi connectivity index (χ4n) is 4.24. The van der Waals surface area contributed by atoms with E-state index in [4.69, 9.17) is 4.42 Å². The van der Waals surface area contributed by atoms with E-state index < -0.39 is 15.8 Å². The van der Waals surface area contributed by atoms with Gasteiger partial charge in [-0.3, -0.25) is 4.57 Å². The average Bonchev–Trinajstić information content (AvgIpc) is 3.31. The lowest BCUT2D eigenvalue weighted by molar-refractivity contribution is 0.432. The number of sulfonamides is 1. The molecule has 6 nitrogen and oxygen atoms in total. The number of aryl methyl sites for hydroxylation is 1. The predicted molar refractivity (Wildman–Crippen MR) is 108 cm³/mol. The molecule has 2 aromatic carbocycles. The zero-order chi connectivity index (χ0) is 19.8. The molecule has 4 rings (SSSR count). The van der Waals surface area contributed by atoms with Crippen LogP contribution in [0.2, 0.25) is 0 Å². The van der Waals surface area contributed by atoms with Crippen LogP contribution in [0.3, 0.4) is 0 Å². The van der Waals surface area contributed by atoms with Gasteiger partial charge < -0.3 is 4.42 Å². The second kappa shape index (κ2) is 7.22. The molecule has 148 valence electrons. The van der Waals surface area contributed by atoms with Gasteiger partial charge in [-0.05, 0) is 37.5 Å². The molecule has 1 saturated carbocycles. The van der Waals surface area contributed by atoms with Gasteiger partial charge in [0.05, 0.1) is 10.4 Å². The summed E-state index contributed by atoms with van der Waals surface area (Å²) in [5, 5.41) is 0. The second-order valence-corrected chi connectivity index (χ2v) is 9.19. The standard InChI is InChI=1S/C21H24N2O4S/c1-2-23-18-11-10-17(14-19(18)27-20(23)24)28(25,26)22-15-21(12-6-7-13-21)16-8-4-3-5-9-16/h3-5,8-11,14,22H,2,6-7,12-13,15H2,1H3. The Morgan fingerprint density at radius 3 is 2.50 bits per heavy atom. The smallest absolute Gasteiger partial charge is 0.408 e. The summed E-state index contributed by atoms with van der Waals surface area (Å²) in [5.41, 5.74) is 1.89. The first kappa shape index (κ1) is 19.0. The molecule has 1 N–H and O–H groups in total. The average molecular weight is 401 g/mol. The zero-order valence-corrected chi connectivity index (χ0v) is 16.7. The lowest BCUT2D eigenvalue weighted by Crippen LogP contribution is -2.39. The fourth-order valence-corrected chi connectivity index (χ4v) is 5.38. The molecule has 0 saturated heterocycles. The third-order valence-corrected chi connectivity index (χ3v) is 7.21. The normalized spacial score (nSPS) is 16.6. The molecule has 7 heteroatoms. The molecule has 3 aromatic rings. The molecule has 0 unspecified atom stereocenters. The first-order valence-corrected chi connectivity index (χ1v) is 11.1. The van der Waals surface area contributed by atoms with Crippen molar-refractivity contribution in [3.63, 3.8) is 0 Å². The zero-order valence-electron chi connectivity index (χ0n) is 15.8. The van der Waals surface area contributed by atoms with Crippen molar-refractivity contribution in [1.82, 2.24) is 9.29 Å². The summed E-state index contributed by atoms with van der Waals surface area (Å²) >= 11 is 0. The maximum atomic E-state index is 12.9. The molecule has 1 aromatic heterocycles. The molecule has 1 fully saturated rings. The maximum absolute atomic E-state index is 12.9. The van der Waals surface area contributed by atoms with Crippen LogP contribution in [-0.2, 0) is 22.0 Å². The van der Waals surface area contributed by atoms with Gasteiger partial charge >= 0.3 is 5.76 Å². The first-order chi connectivity index (χ1) is 13.5. The number of hydrogen-bond donors (Lipinski definition) is 1. The molecule has 0 atom stereocenters. The number of aromatic nitrogens is 1. The van der Waals surface area contributed by atoms with Gasteiger partial charge in [0.15, 0.2) is 5.58 Å². The highest BCUT2D eigenvalue weighted by atomic mass is 32.2. The van der Waals surface area contributed by atoms with Crippen LogP contribution in [0.25, 0.3) is 11.1 Å². The van der Waals surface area contributed by atoms with Crippen molar-refractivity contribution in [1.29, 1.82) is 0 Å². The van der Waals surface area contributed by atoms with Crippen LogP contribution in [0.1, 0.15) is 38.2 Å². The summed E-state index contributed by atoms with van der Waals surface area (Å²) in [4.78, 5) is 12.0. The van der Waals surface area contributed by atoms with Gasteiger partial charge in [-0.2, -0.15) is 0 Å². The molecule has 1 aliphatic rings. The van der Waals surface area contributed by atoms with Crippen LogP contribution in [0.5, 0.6) is 0 Å². The summed E-state index contributed by atoms with van der Waals surface area (Å²) in [6, 6.07) is 14.7. The highest BCUT2D eigenvalue weighted by Gasteiger charge is 2.36. The van der Waals surface area contributed by atoms with Crippen molar-refractivity contribution < 1.29 is 12.8 Å². The molecule has 0 aliphatic heterocycles. The third kappa shape index (κ3) is 3.29. The Hall–Kier alpha value is -2.38. The quantitative estimate of drug-likeness (QED) is 0.688. The van der Waals surface area contributed by atoms with Gasteiger partial charge in [0.1, 0.15) is 0 Å². The van der Waals surface area contributed by atoms with Gasteiger partial charge in [0.25, 0.3) is 0 Å². The van der Waals surface area contributed by atoms with Crippen molar-refractivity contribution in [2.45, 2.75) is 49.5 Å². The van der Waals surface area contributed by atoms with E-state index >= 15 is 0 Å². The third-order valence-electron chi connectivity index (χ3n) is 5.81. The van der Waals surface area contributed by atoms with E-state index in [0.717, 1.165) is 25.7 Å². The Balaban J connectivity index is 1.62.